The van der Waals surface area contributed by atoms with Crippen LogP contribution in [0.2, 0.25) is 0 Å². The smallest absolute Gasteiger partial charge is 0.255 e. The first-order valence-corrected chi connectivity index (χ1v) is 9.24. The lowest BCUT2D eigenvalue weighted by Crippen LogP contribution is -2.14. The van der Waals surface area contributed by atoms with Gasteiger partial charge in [0.15, 0.2) is 0 Å². The summed E-state index contributed by atoms with van der Waals surface area (Å²) in [6.45, 7) is 2.56. The summed E-state index contributed by atoms with van der Waals surface area (Å²) in [5.74, 6) is 0.629. The van der Waals surface area contributed by atoms with Crippen LogP contribution in [0, 0.1) is 6.92 Å². The number of carbonyl (C=O) groups excluding carboxylic acids is 1. The maximum atomic E-state index is 12.6. The zero-order valence-electron chi connectivity index (χ0n) is 16.5. The lowest BCUT2D eigenvalue weighted by atomic mass is 10.1. The van der Waals surface area contributed by atoms with E-state index in [0.29, 0.717) is 17.9 Å². The van der Waals surface area contributed by atoms with Crippen molar-refractivity contribution in [3.05, 3.63) is 83.7 Å². The highest BCUT2D eigenvalue weighted by Gasteiger charge is 2.09. The molecule has 3 rings (SSSR count). The van der Waals surface area contributed by atoms with Gasteiger partial charge in [-0.2, -0.15) is 0 Å². The molecule has 0 atom stereocenters. The number of nitrogens with zero attached hydrogens (tertiary/aromatic N) is 2. The average molecular weight is 375 g/mol. The molecule has 0 aliphatic heterocycles. The molecule has 0 aliphatic carbocycles. The van der Waals surface area contributed by atoms with Crippen LogP contribution in [0.15, 0.2) is 67.0 Å². The van der Waals surface area contributed by atoms with Crippen molar-refractivity contribution in [1.29, 1.82) is 0 Å². The number of benzene rings is 2. The first kappa shape index (κ1) is 19.4. The Hall–Kier alpha value is -3.34. The average Bonchev–Trinajstić information content (AvgIpc) is 2.71. The molecule has 0 bridgehead atoms. The molecule has 1 aromatic heterocycles. The number of aryl methyl sites for hydroxylation is 1. The van der Waals surface area contributed by atoms with Gasteiger partial charge in [-0.1, -0.05) is 12.1 Å². The van der Waals surface area contributed by atoms with Gasteiger partial charge >= 0.3 is 0 Å². The largest absolute Gasteiger partial charge is 0.493 e. The topological polar surface area (TPSA) is 54.5 Å². The van der Waals surface area contributed by atoms with Gasteiger partial charge in [0, 0.05) is 55.9 Å². The number of rotatable bonds is 7. The van der Waals surface area contributed by atoms with Gasteiger partial charge in [-0.05, 0) is 54.4 Å². The van der Waals surface area contributed by atoms with E-state index < -0.39 is 0 Å². The van der Waals surface area contributed by atoms with Gasteiger partial charge in [-0.3, -0.25) is 9.78 Å². The third-order valence-electron chi connectivity index (χ3n) is 4.47. The molecule has 0 fully saturated rings. The molecule has 0 saturated heterocycles. The fourth-order valence-corrected chi connectivity index (χ4v) is 2.79. The number of amides is 1. The molecule has 1 N–H and O–H groups in total. The summed E-state index contributed by atoms with van der Waals surface area (Å²) < 4.78 is 5.94. The molecule has 5 heteroatoms. The maximum Gasteiger partial charge on any atom is 0.255 e. The summed E-state index contributed by atoms with van der Waals surface area (Å²) in [6.07, 6.45) is 4.36. The van der Waals surface area contributed by atoms with Crippen molar-refractivity contribution in [1.82, 2.24) is 4.98 Å². The third-order valence-corrected chi connectivity index (χ3v) is 4.47. The lowest BCUT2D eigenvalue weighted by Gasteiger charge is -2.14. The van der Waals surface area contributed by atoms with Crippen molar-refractivity contribution < 1.29 is 9.53 Å². The van der Waals surface area contributed by atoms with Gasteiger partial charge in [-0.15, -0.1) is 0 Å². The number of aromatic nitrogens is 1. The Labute approximate surface area is 166 Å². The van der Waals surface area contributed by atoms with Crippen LogP contribution in [0.1, 0.15) is 21.5 Å². The number of pyridine rings is 1. The zero-order valence-corrected chi connectivity index (χ0v) is 16.5. The molecule has 0 aliphatic rings. The molecular weight excluding hydrogens is 350 g/mol. The molecule has 0 spiro atoms. The Morgan fingerprint density at radius 2 is 1.86 bits per heavy atom. The van der Waals surface area contributed by atoms with Crippen LogP contribution in [0.25, 0.3) is 0 Å². The molecule has 1 heterocycles. The van der Waals surface area contributed by atoms with Crippen LogP contribution in [0.4, 0.5) is 11.4 Å². The SMILES string of the molecule is Cc1ccc(NC(=O)c2cccc(N(C)C)c2)cc1OCCc1ccncc1. The van der Waals surface area contributed by atoms with Crippen LogP contribution < -0.4 is 15.0 Å². The standard InChI is InChI=1S/C23H25N3O2/c1-17-7-8-20(16-22(17)28-14-11-18-9-12-24-13-10-18)25-23(27)19-5-4-6-21(15-19)26(2)3/h4-10,12-13,15-16H,11,14H2,1-3H3,(H,25,27). The quantitative estimate of drug-likeness (QED) is 0.668. The highest BCUT2D eigenvalue weighted by Crippen LogP contribution is 2.24. The summed E-state index contributed by atoms with van der Waals surface area (Å²) in [4.78, 5) is 18.6. The summed E-state index contributed by atoms with van der Waals surface area (Å²) in [5, 5.41) is 2.95. The predicted molar refractivity (Wildman–Crippen MR) is 113 cm³/mol. The van der Waals surface area contributed by atoms with E-state index in [1.807, 2.05) is 80.5 Å². The number of ether oxygens (including phenoxy) is 1. The van der Waals surface area contributed by atoms with Crippen molar-refractivity contribution in [2.24, 2.45) is 0 Å². The molecule has 2 aromatic carbocycles. The molecule has 3 aromatic rings. The molecule has 5 nitrogen and oxygen atoms in total. The van der Waals surface area contributed by atoms with Gasteiger partial charge in [0.2, 0.25) is 0 Å². The van der Waals surface area contributed by atoms with Gasteiger partial charge in [0.1, 0.15) is 5.75 Å². The minimum Gasteiger partial charge on any atom is -0.493 e. The number of nitrogens with one attached hydrogen (secondary N) is 1. The monoisotopic (exact) mass is 375 g/mol. The lowest BCUT2D eigenvalue weighted by molar-refractivity contribution is 0.102. The second-order valence-electron chi connectivity index (χ2n) is 6.83. The molecule has 28 heavy (non-hydrogen) atoms. The van der Waals surface area contributed by atoms with Crippen LogP contribution in [0.3, 0.4) is 0 Å². The Morgan fingerprint density at radius 3 is 2.61 bits per heavy atom. The molecule has 0 radical (unpaired) electrons. The Balaban J connectivity index is 1.65. The normalized spacial score (nSPS) is 10.4. The maximum absolute atomic E-state index is 12.6. The Bertz CT molecular complexity index is 940. The molecular formula is C23H25N3O2. The first-order chi connectivity index (χ1) is 13.5. The second kappa shape index (κ2) is 9.04. The molecule has 144 valence electrons. The minimum absolute atomic E-state index is 0.143. The molecule has 0 saturated carbocycles. The van der Waals surface area contributed by atoms with Crippen molar-refractivity contribution in [2.45, 2.75) is 13.3 Å². The van der Waals surface area contributed by atoms with Crippen LogP contribution in [-0.4, -0.2) is 31.6 Å². The van der Waals surface area contributed by atoms with E-state index >= 15 is 0 Å². The number of carbonyl (C=O) groups is 1. The zero-order chi connectivity index (χ0) is 19.9. The van der Waals surface area contributed by atoms with Crippen molar-refractivity contribution in [3.63, 3.8) is 0 Å². The summed E-state index contributed by atoms with van der Waals surface area (Å²) in [5.41, 5.74) is 4.52. The second-order valence-corrected chi connectivity index (χ2v) is 6.83. The summed E-state index contributed by atoms with van der Waals surface area (Å²) >= 11 is 0. The van der Waals surface area contributed by atoms with Crippen molar-refractivity contribution in [3.8, 4) is 5.75 Å². The fraction of sp³-hybridized carbons (Fsp3) is 0.217. The van der Waals surface area contributed by atoms with Gasteiger partial charge in [0.25, 0.3) is 5.91 Å². The first-order valence-electron chi connectivity index (χ1n) is 9.24. The van der Waals surface area contributed by atoms with Crippen LogP contribution >= 0.6 is 0 Å². The number of hydrogen-bond acceptors (Lipinski definition) is 4. The highest BCUT2D eigenvalue weighted by atomic mass is 16.5. The Morgan fingerprint density at radius 1 is 1.07 bits per heavy atom. The summed E-state index contributed by atoms with van der Waals surface area (Å²) in [6, 6.07) is 17.2. The molecule has 1 amide bonds. The van der Waals surface area contributed by atoms with Gasteiger partial charge in [-0.25, -0.2) is 0 Å². The van der Waals surface area contributed by atoms with E-state index in [4.69, 9.17) is 4.74 Å². The Kier molecular flexibility index (Phi) is 6.27. The van der Waals surface area contributed by atoms with E-state index in [1.165, 1.54) is 5.56 Å². The van der Waals surface area contributed by atoms with E-state index in [0.717, 1.165) is 23.4 Å². The van der Waals surface area contributed by atoms with Gasteiger partial charge in [0.05, 0.1) is 6.61 Å². The van der Waals surface area contributed by atoms with Crippen LogP contribution in [-0.2, 0) is 6.42 Å². The van der Waals surface area contributed by atoms with E-state index in [-0.39, 0.29) is 5.91 Å². The van der Waals surface area contributed by atoms with E-state index in [9.17, 15) is 4.79 Å². The van der Waals surface area contributed by atoms with E-state index in [2.05, 4.69) is 10.3 Å². The van der Waals surface area contributed by atoms with Crippen molar-refractivity contribution >= 4 is 17.3 Å². The number of anilines is 2. The fourth-order valence-electron chi connectivity index (χ4n) is 2.79. The van der Waals surface area contributed by atoms with Crippen molar-refractivity contribution in [2.75, 3.05) is 30.9 Å². The van der Waals surface area contributed by atoms with E-state index in [1.54, 1.807) is 12.4 Å². The van der Waals surface area contributed by atoms with Gasteiger partial charge < -0.3 is 15.0 Å². The number of hydrogen-bond donors (Lipinski definition) is 1. The predicted octanol–water partition coefficient (Wildman–Crippen LogP) is 4.33. The minimum atomic E-state index is -0.143. The molecule has 0 unspecified atom stereocenters. The highest BCUT2D eigenvalue weighted by molar-refractivity contribution is 6.04. The summed E-state index contributed by atoms with van der Waals surface area (Å²) in [7, 11) is 3.90. The van der Waals surface area contributed by atoms with Crippen LogP contribution in [0.5, 0.6) is 5.75 Å². The third kappa shape index (κ3) is 5.10.